The maximum Gasteiger partial charge on any atom is 0.134 e. The summed E-state index contributed by atoms with van der Waals surface area (Å²) in [7, 11) is 5.92. The van der Waals surface area contributed by atoms with E-state index >= 15 is 0 Å². The summed E-state index contributed by atoms with van der Waals surface area (Å²) in [5.41, 5.74) is 1.05. The molecule has 2 aromatic heterocycles. The Hall–Kier alpha value is -2.22. The van der Waals surface area contributed by atoms with Crippen molar-refractivity contribution in [3.05, 3.63) is 24.3 Å². The van der Waals surface area contributed by atoms with E-state index in [2.05, 4.69) is 36.0 Å². The number of nitrogens with zero attached hydrogens (tertiary/aromatic N) is 8. The first-order valence-corrected chi connectivity index (χ1v) is 9.45. The normalized spacial score (nSPS) is 18.9. The molecule has 0 spiro atoms. The van der Waals surface area contributed by atoms with Crippen LogP contribution in [0.5, 0.6) is 0 Å². The molecule has 0 amide bonds. The van der Waals surface area contributed by atoms with Crippen LogP contribution >= 0.6 is 0 Å². The van der Waals surface area contributed by atoms with Crippen molar-refractivity contribution in [3.8, 4) is 0 Å². The first-order chi connectivity index (χ1) is 12.6. The molecule has 0 radical (unpaired) electrons. The van der Waals surface area contributed by atoms with Crippen LogP contribution in [-0.2, 0) is 13.6 Å². The average molecular weight is 356 g/mol. The lowest BCUT2D eigenvalue weighted by atomic mass is 10.0. The van der Waals surface area contributed by atoms with Crippen molar-refractivity contribution in [2.75, 3.05) is 37.0 Å². The maximum absolute atomic E-state index is 4.60. The van der Waals surface area contributed by atoms with Crippen molar-refractivity contribution in [2.45, 2.75) is 44.3 Å². The molecule has 8 nitrogen and oxygen atoms in total. The zero-order valence-corrected chi connectivity index (χ0v) is 15.9. The van der Waals surface area contributed by atoms with E-state index < -0.39 is 0 Å². The highest BCUT2D eigenvalue weighted by atomic mass is 15.5. The van der Waals surface area contributed by atoms with Gasteiger partial charge >= 0.3 is 0 Å². The van der Waals surface area contributed by atoms with Gasteiger partial charge in [0.25, 0.3) is 0 Å². The molecule has 8 heteroatoms. The first kappa shape index (κ1) is 17.2. The van der Waals surface area contributed by atoms with E-state index in [1.54, 1.807) is 11.1 Å². The fourth-order valence-electron chi connectivity index (χ4n) is 3.79. The van der Waals surface area contributed by atoms with Gasteiger partial charge in [-0.15, -0.1) is 0 Å². The monoisotopic (exact) mass is 356 g/mol. The molecule has 0 unspecified atom stereocenters. The van der Waals surface area contributed by atoms with Gasteiger partial charge < -0.3 is 9.80 Å². The van der Waals surface area contributed by atoms with Crippen LogP contribution in [0.3, 0.4) is 0 Å². The zero-order valence-electron chi connectivity index (χ0n) is 15.9. The highest BCUT2D eigenvalue weighted by molar-refractivity contribution is 5.51. The second-order valence-corrected chi connectivity index (χ2v) is 7.60. The van der Waals surface area contributed by atoms with E-state index in [0.29, 0.717) is 12.1 Å². The van der Waals surface area contributed by atoms with E-state index in [1.807, 2.05) is 32.2 Å². The number of aromatic nitrogens is 5. The Morgan fingerprint density at radius 2 is 1.73 bits per heavy atom. The predicted octanol–water partition coefficient (Wildman–Crippen LogP) is 1.30. The van der Waals surface area contributed by atoms with Crippen LogP contribution in [0.15, 0.2) is 18.6 Å². The van der Waals surface area contributed by atoms with Crippen LogP contribution in [0.4, 0.5) is 11.6 Å². The zero-order chi connectivity index (χ0) is 18.1. The van der Waals surface area contributed by atoms with Gasteiger partial charge in [-0.2, -0.15) is 15.0 Å². The van der Waals surface area contributed by atoms with Gasteiger partial charge in [0.1, 0.15) is 18.0 Å². The number of aryl methyl sites for hydroxylation is 1. The minimum atomic E-state index is 0.561. The summed E-state index contributed by atoms with van der Waals surface area (Å²) in [6.07, 6.45) is 8.45. The largest absolute Gasteiger partial charge is 0.363 e. The van der Waals surface area contributed by atoms with Crippen LogP contribution in [-0.4, -0.2) is 69.1 Å². The minimum Gasteiger partial charge on any atom is -0.363 e. The van der Waals surface area contributed by atoms with E-state index in [9.17, 15) is 0 Å². The van der Waals surface area contributed by atoms with Crippen molar-refractivity contribution >= 4 is 11.6 Å². The van der Waals surface area contributed by atoms with E-state index in [-0.39, 0.29) is 0 Å². The quantitative estimate of drug-likeness (QED) is 0.773. The van der Waals surface area contributed by atoms with E-state index in [0.717, 1.165) is 49.8 Å². The number of rotatable bonds is 6. The summed E-state index contributed by atoms with van der Waals surface area (Å²) < 4.78 is 0. The molecule has 0 bridgehead atoms. The fraction of sp³-hybridized carbons (Fsp3) is 0.667. The summed E-state index contributed by atoms with van der Waals surface area (Å²) in [6.45, 7) is 3.08. The topological polar surface area (TPSA) is 66.2 Å². The average Bonchev–Trinajstić information content (AvgIpc) is 3.39. The van der Waals surface area contributed by atoms with Gasteiger partial charge in [0.05, 0.1) is 11.9 Å². The summed E-state index contributed by atoms with van der Waals surface area (Å²) in [4.78, 5) is 17.7. The van der Waals surface area contributed by atoms with Crippen LogP contribution < -0.4 is 9.80 Å². The molecule has 3 heterocycles. The third kappa shape index (κ3) is 3.80. The van der Waals surface area contributed by atoms with Crippen molar-refractivity contribution in [3.63, 3.8) is 0 Å². The van der Waals surface area contributed by atoms with Gasteiger partial charge in [0.15, 0.2) is 0 Å². The van der Waals surface area contributed by atoms with Crippen LogP contribution in [0.2, 0.25) is 0 Å². The maximum atomic E-state index is 4.60. The summed E-state index contributed by atoms with van der Waals surface area (Å²) >= 11 is 0. The molecule has 2 aromatic rings. The molecule has 1 saturated carbocycles. The second-order valence-electron chi connectivity index (χ2n) is 7.60. The lowest BCUT2D eigenvalue weighted by Gasteiger charge is -2.39. The molecule has 0 atom stereocenters. The number of hydrogen-bond donors (Lipinski definition) is 0. The smallest absolute Gasteiger partial charge is 0.134 e. The summed E-state index contributed by atoms with van der Waals surface area (Å²) in [6, 6.07) is 3.34. The third-order valence-corrected chi connectivity index (χ3v) is 5.28. The Morgan fingerprint density at radius 3 is 2.35 bits per heavy atom. The molecule has 2 fully saturated rings. The van der Waals surface area contributed by atoms with Crippen molar-refractivity contribution in [1.29, 1.82) is 0 Å². The molecule has 26 heavy (non-hydrogen) atoms. The summed E-state index contributed by atoms with van der Waals surface area (Å²) in [5.74, 6) is 2.05. The molecule has 1 aliphatic heterocycles. The van der Waals surface area contributed by atoms with Gasteiger partial charge in [0, 0.05) is 58.9 Å². The lowest BCUT2D eigenvalue weighted by molar-refractivity contribution is 0.198. The molecule has 1 saturated heterocycles. The van der Waals surface area contributed by atoms with Crippen LogP contribution in [0.25, 0.3) is 0 Å². The Bertz CT molecular complexity index is 730. The lowest BCUT2D eigenvalue weighted by Crippen LogP contribution is -2.46. The molecular weight excluding hydrogens is 328 g/mol. The molecule has 0 aromatic carbocycles. The molecule has 2 aliphatic rings. The minimum absolute atomic E-state index is 0.561. The number of piperidine rings is 1. The van der Waals surface area contributed by atoms with Gasteiger partial charge in [-0.05, 0) is 25.7 Å². The Balaban J connectivity index is 1.42. The molecule has 0 N–H and O–H groups in total. The SMILES string of the molecule is CN(C)c1cc(N(C2CC2)C2CCN(Cc3cnn(C)n3)CC2)ncn1. The molecule has 1 aliphatic carbocycles. The molecule has 140 valence electrons. The predicted molar refractivity (Wildman–Crippen MR) is 101 cm³/mol. The van der Waals surface area contributed by atoms with Gasteiger partial charge in [-0.3, -0.25) is 4.90 Å². The van der Waals surface area contributed by atoms with Crippen LogP contribution in [0, 0.1) is 0 Å². The molecular formula is C18H28N8. The number of anilines is 2. The summed E-state index contributed by atoms with van der Waals surface area (Å²) in [5, 5.41) is 8.57. The highest BCUT2D eigenvalue weighted by Gasteiger charge is 2.36. The Labute approximate surface area is 154 Å². The van der Waals surface area contributed by atoms with E-state index in [1.165, 1.54) is 12.8 Å². The van der Waals surface area contributed by atoms with Gasteiger partial charge in [-0.25, -0.2) is 9.97 Å². The number of hydrogen-bond acceptors (Lipinski definition) is 7. The third-order valence-electron chi connectivity index (χ3n) is 5.28. The Kier molecular flexibility index (Phi) is 4.76. The van der Waals surface area contributed by atoms with Gasteiger partial charge in [-0.1, -0.05) is 0 Å². The fourth-order valence-corrected chi connectivity index (χ4v) is 3.79. The van der Waals surface area contributed by atoms with Gasteiger partial charge in [0.2, 0.25) is 0 Å². The van der Waals surface area contributed by atoms with Crippen LogP contribution in [0.1, 0.15) is 31.4 Å². The van der Waals surface area contributed by atoms with Crippen molar-refractivity contribution in [2.24, 2.45) is 7.05 Å². The Morgan fingerprint density at radius 1 is 1.04 bits per heavy atom. The standard InChI is InChI=1S/C18H28N8/c1-23(2)17-10-18(20-13-19-17)26(15-4-5-15)16-6-8-25(9-7-16)12-14-11-21-24(3)22-14/h10-11,13,15-16H,4-9,12H2,1-3H3. The highest BCUT2D eigenvalue weighted by Crippen LogP contribution is 2.36. The first-order valence-electron chi connectivity index (χ1n) is 9.45. The molecule has 4 rings (SSSR count). The van der Waals surface area contributed by atoms with Crippen molar-refractivity contribution < 1.29 is 0 Å². The second kappa shape index (κ2) is 7.19. The van der Waals surface area contributed by atoms with Crippen molar-refractivity contribution in [1.82, 2.24) is 29.9 Å². The number of likely N-dealkylation sites (tertiary alicyclic amines) is 1. The van der Waals surface area contributed by atoms with E-state index in [4.69, 9.17) is 0 Å².